The van der Waals surface area contributed by atoms with Crippen molar-refractivity contribution in [3.05, 3.63) is 23.2 Å². The first-order chi connectivity index (χ1) is 11.7. The van der Waals surface area contributed by atoms with Crippen LogP contribution in [-0.2, 0) is 13.0 Å². The lowest BCUT2D eigenvalue weighted by Crippen LogP contribution is -2.39. The third kappa shape index (κ3) is 4.39. The number of carbonyl (C=O) groups excluding carboxylic acids is 1. The lowest BCUT2D eigenvalue weighted by atomic mass is 9.98. The van der Waals surface area contributed by atoms with Gasteiger partial charge in [-0.3, -0.25) is 9.69 Å². The molecular weight excluding hydrogens is 302 g/mol. The van der Waals surface area contributed by atoms with E-state index >= 15 is 0 Å². The maximum absolute atomic E-state index is 12.5. The quantitative estimate of drug-likeness (QED) is 0.869. The van der Waals surface area contributed by atoms with Crippen molar-refractivity contribution in [1.82, 2.24) is 15.1 Å². The molecule has 3 heterocycles. The van der Waals surface area contributed by atoms with Gasteiger partial charge in [-0.25, -0.2) is 0 Å². The molecule has 0 aromatic carbocycles. The van der Waals surface area contributed by atoms with Gasteiger partial charge in [-0.2, -0.15) is 0 Å². The average molecular weight is 333 g/mol. The van der Waals surface area contributed by atoms with Crippen LogP contribution in [0.2, 0.25) is 0 Å². The van der Waals surface area contributed by atoms with Gasteiger partial charge in [-0.15, -0.1) is 0 Å². The second-order valence-corrected chi connectivity index (χ2v) is 7.38. The highest BCUT2D eigenvalue weighted by molar-refractivity contribution is 5.91. The van der Waals surface area contributed by atoms with E-state index in [4.69, 9.17) is 4.42 Å². The van der Waals surface area contributed by atoms with Gasteiger partial charge >= 0.3 is 0 Å². The molecule has 0 radical (unpaired) electrons. The summed E-state index contributed by atoms with van der Waals surface area (Å²) in [5.41, 5.74) is 1.18. The van der Waals surface area contributed by atoms with Gasteiger partial charge in [0.1, 0.15) is 5.76 Å². The average Bonchev–Trinajstić information content (AvgIpc) is 3.23. The van der Waals surface area contributed by atoms with Crippen LogP contribution >= 0.6 is 0 Å². The van der Waals surface area contributed by atoms with Crippen LogP contribution in [0.25, 0.3) is 0 Å². The monoisotopic (exact) mass is 333 g/mol. The topological polar surface area (TPSA) is 48.7 Å². The lowest BCUT2D eigenvalue weighted by molar-refractivity contribution is 0.0907. The third-order valence-electron chi connectivity index (χ3n) is 5.31. The summed E-state index contributed by atoms with van der Waals surface area (Å²) in [6.07, 6.45) is 5.82. The van der Waals surface area contributed by atoms with Gasteiger partial charge in [0.2, 0.25) is 0 Å². The maximum Gasteiger partial charge on any atom is 0.287 e. The van der Waals surface area contributed by atoms with Crippen LogP contribution in [0.5, 0.6) is 0 Å². The fourth-order valence-electron chi connectivity index (χ4n) is 3.96. The summed E-state index contributed by atoms with van der Waals surface area (Å²) >= 11 is 0. The van der Waals surface area contributed by atoms with Gasteiger partial charge < -0.3 is 14.6 Å². The smallest absolute Gasteiger partial charge is 0.287 e. The Labute approximate surface area is 145 Å². The van der Waals surface area contributed by atoms with Gasteiger partial charge in [0, 0.05) is 31.6 Å². The van der Waals surface area contributed by atoms with Crippen molar-refractivity contribution in [3.8, 4) is 0 Å². The number of hydrogen-bond donors (Lipinski definition) is 1. The Morgan fingerprint density at radius 2 is 2.08 bits per heavy atom. The molecule has 0 aliphatic carbocycles. The first-order valence-electron chi connectivity index (χ1n) is 9.46. The van der Waals surface area contributed by atoms with E-state index in [1.807, 2.05) is 6.07 Å². The minimum atomic E-state index is -0.0643. The molecule has 24 heavy (non-hydrogen) atoms. The van der Waals surface area contributed by atoms with E-state index in [9.17, 15) is 4.79 Å². The summed E-state index contributed by atoms with van der Waals surface area (Å²) in [4.78, 5) is 17.2. The molecule has 1 unspecified atom stereocenters. The molecule has 1 aromatic heterocycles. The number of likely N-dealkylation sites (tertiary alicyclic amines) is 2. The third-order valence-corrected chi connectivity index (χ3v) is 5.31. The van der Waals surface area contributed by atoms with Crippen LogP contribution in [0.4, 0.5) is 0 Å². The highest BCUT2D eigenvalue weighted by Crippen LogP contribution is 2.21. The highest BCUT2D eigenvalue weighted by Gasteiger charge is 2.21. The molecule has 0 bridgehead atoms. The Balaban J connectivity index is 1.56. The summed E-state index contributed by atoms with van der Waals surface area (Å²) in [5.74, 6) is 1.93. The number of piperidine rings is 1. The molecule has 3 rings (SSSR count). The zero-order valence-corrected chi connectivity index (χ0v) is 15.1. The molecule has 1 aromatic rings. The van der Waals surface area contributed by atoms with Crippen molar-refractivity contribution in [1.29, 1.82) is 0 Å². The summed E-state index contributed by atoms with van der Waals surface area (Å²) in [5, 5.41) is 3.07. The van der Waals surface area contributed by atoms with E-state index in [-0.39, 0.29) is 5.91 Å². The number of carbonyl (C=O) groups is 1. The van der Waals surface area contributed by atoms with E-state index in [0.717, 1.165) is 44.9 Å². The number of amides is 1. The zero-order chi connectivity index (χ0) is 16.9. The van der Waals surface area contributed by atoms with E-state index in [2.05, 4.69) is 29.1 Å². The van der Waals surface area contributed by atoms with Crippen LogP contribution in [0.1, 0.15) is 54.5 Å². The predicted molar refractivity (Wildman–Crippen MR) is 95.2 cm³/mol. The maximum atomic E-state index is 12.5. The molecule has 1 amide bonds. The van der Waals surface area contributed by atoms with Crippen molar-refractivity contribution >= 4 is 5.91 Å². The van der Waals surface area contributed by atoms with Crippen molar-refractivity contribution < 1.29 is 9.21 Å². The number of nitrogens with one attached hydrogen (secondary N) is 1. The van der Waals surface area contributed by atoms with Crippen molar-refractivity contribution in [2.75, 3.05) is 39.8 Å². The van der Waals surface area contributed by atoms with Gasteiger partial charge in [0.15, 0.2) is 5.76 Å². The summed E-state index contributed by atoms with van der Waals surface area (Å²) in [6.45, 7) is 8.29. The Hall–Kier alpha value is -1.33. The van der Waals surface area contributed by atoms with E-state index in [0.29, 0.717) is 11.7 Å². The number of furan rings is 1. The van der Waals surface area contributed by atoms with Crippen molar-refractivity contribution in [2.24, 2.45) is 5.92 Å². The Bertz CT molecular complexity index is 549. The molecule has 2 saturated heterocycles. The van der Waals surface area contributed by atoms with Crippen LogP contribution in [0.15, 0.2) is 10.5 Å². The minimum Gasteiger partial charge on any atom is -0.456 e. The van der Waals surface area contributed by atoms with Crippen LogP contribution < -0.4 is 5.32 Å². The molecule has 134 valence electrons. The molecule has 1 N–H and O–H groups in total. The summed E-state index contributed by atoms with van der Waals surface area (Å²) in [7, 11) is 2.15. The van der Waals surface area contributed by atoms with Crippen molar-refractivity contribution in [2.45, 2.75) is 45.6 Å². The first-order valence-corrected chi connectivity index (χ1v) is 9.46. The van der Waals surface area contributed by atoms with Gasteiger partial charge in [0.25, 0.3) is 5.91 Å². The van der Waals surface area contributed by atoms with Gasteiger partial charge in [-0.1, -0.05) is 6.92 Å². The summed E-state index contributed by atoms with van der Waals surface area (Å²) < 4.78 is 5.85. The second kappa shape index (κ2) is 8.17. The minimum absolute atomic E-state index is 0.0643. The molecule has 5 nitrogen and oxygen atoms in total. The zero-order valence-electron chi connectivity index (χ0n) is 15.1. The predicted octanol–water partition coefficient (Wildman–Crippen LogP) is 2.51. The first kappa shape index (κ1) is 17.5. The molecule has 0 saturated carbocycles. The van der Waals surface area contributed by atoms with Gasteiger partial charge in [-0.05, 0) is 64.3 Å². The Morgan fingerprint density at radius 3 is 2.79 bits per heavy atom. The number of rotatable bonds is 6. The molecule has 2 fully saturated rings. The van der Waals surface area contributed by atoms with Gasteiger partial charge in [0.05, 0.1) is 0 Å². The Morgan fingerprint density at radius 1 is 1.29 bits per heavy atom. The molecule has 1 atom stereocenters. The van der Waals surface area contributed by atoms with Crippen LogP contribution in [0.3, 0.4) is 0 Å². The largest absolute Gasteiger partial charge is 0.456 e. The molecule has 2 aliphatic heterocycles. The number of hydrogen-bond acceptors (Lipinski definition) is 4. The fraction of sp³-hybridized carbons (Fsp3) is 0.737. The standard InChI is InChI=1S/C19H31N3O2/c1-3-17-16(14-22-9-4-5-10-22)11-18(24-17)19(23)20-12-15-7-6-8-21(2)13-15/h11,15H,3-10,12-14H2,1-2H3,(H,20,23). The molecule has 0 spiro atoms. The summed E-state index contributed by atoms with van der Waals surface area (Å²) in [6, 6.07) is 1.96. The number of nitrogens with zero attached hydrogens (tertiary/aromatic N) is 2. The Kier molecular flexibility index (Phi) is 5.95. The molecular formula is C19H31N3O2. The van der Waals surface area contributed by atoms with E-state index < -0.39 is 0 Å². The second-order valence-electron chi connectivity index (χ2n) is 7.38. The number of aryl methyl sites for hydroxylation is 1. The molecule has 5 heteroatoms. The SMILES string of the molecule is CCc1oc(C(=O)NCC2CCCN(C)C2)cc1CN1CCCC1. The molecule has 2 aliphatic rings. The van der Waals surface area contributed by atoms with Crippen LogP contribution in [0, 0.1) is 5.92 Å². The highest BCUT2D eigenvalue weighted by atomic mass is 16.4. The normalized spacial score (nSPS) is 22.8. The van der Waals surface area contributed by atoms with E-state index in [1.165, 1.54) is 37.8 Å². The fourth-order valence-corrected chi connectivity index (χ4v) is 3.96. The lowest BCUT2D eigenvalue weighted by Gasteiger charge is -2.29. The van der Waals surface area contributed by atoms with Crippen LogP contribution in [-0.4, -0.2) is 55.5 Å². The van der Waals surface area contributed by atoms with E-state index in [1.54, 1.807) is 0 Å². The van der Waals surface area contributed by atoms with Crippen molar-refractivity contribution in [3.63, 3.8) is 0 Å².